The average Bonchev–Trinajstić information content (AvgIpc) is 2.38. The number of rotatable bonds is 13. The number of carbonyl (C=O) groups is 1. The zero-order valence-electron chi connectivity index (χ0n) is 12.9. The summed E-state index contributed by atoms with van der Waals surface area (Å²) in [5.74, 6) is -0.247. The van der Waals surface area contributed by atoms with Gasteiger partial charge in [-0.15, -0.1) is 0 Å². The molecule has 0 saturated carbocycles. The molecule has 126 valence electrons. The van der Waals surface area contributed by atoms with E-state index in [1.54, 1.807) is 0 Å². The topological polar surface area (TPSA) is 63.2 Å². The van der Waals surface area contributed by atoms with E-state index in [1.807, 2.05) is 20.8 Å². The third-order valence-corrected chi connectivity index (χ3v) is 2.99. The standard InChI is InChI=1S/C13H25IO6S/c1-13(2,3)20-12(15)4-5-16-6-7-17-8-9-18-10-11-19-21-14/h4-11H2,1-3H3. The number of esters is 1. The Labute approximate surface area is 143 Å². The molecule has 0 N–H and O–H groups in total. The second-order valence-corrected chi connectivity index (χ2v) is 6.50. The highest BCUT2D eigenvalue weighted by atomic mass is 127. The molecule has 0 spiro atoms. The number of hydrogen-bond acceptors (Lipinski definition) is 7. The Morgan fingerprint density at radius 3 is 1.86 bits per heavy atom. The summed E-state index contributed by atoms with van der Waals surface area (Å²) < 4.78 is 26.1. The smallest absolute Gasteiger partial charge is 0.308 e. The normalized spacial score (nSPS) is 11.6. The van der Waals surface area contributed by atoms with Crippen molar-refractivity contribution in [2.45, 2.75) is 32.8 Å². The molecule has 0 aliphatic carbocycles. The van der Waals surface area contributed by atoms with Gasteiger partial charge < -0.3 is 23.1 Å². The van der Waals surface area contributed by atoms with Gasteiger partial charge in [-0.3, -0.25) is 4.79 Å². The van der Waals surface area contributed by atoms with E-state index in [-0.39, 0.29) is 12.4 Å². The van der Waals surface area contributed by atoms with Crippen LogP contribution in [0, 0.1) is 0 Å². The number of hydrogen-bond donors (Lipinski definition) is 0. The van der Waals surface area contributed by atoms with Crippen LogP contribution < -0.4 is 0 Å². The van der Waals surface area contributed by atoms with E-state index in [4.69, 9.17) is 23.1 Å². The fourth-order valence-electron chi connectivity index (χ4n) is 1.21. The molecule has 0 bridgehead atoms. The first-order valence-electron chi connectivity index (χ1n) is 6.81. The van der Waals surface area contributed by atoms with Gasteiger partial charge in [0.1, 0.15) is 5.60 Å². The maximum Gasteiger partial charge on any atom is 0.308 e. The SMILES string of the molecule is CC(C)(C)OC(=O)CCOCCOCCOCCOSI. The van der Waals surface area contributed by atoms with Crippen LogP contribution in [0.1, 0.15) is 27.2 Å². The lowest BCUT2D eigenvalue weighted by atomic mass is 10.2. The molecule has 0 aromatic rings. The first-order valence-corrected chi connectivity index (χ1v) is 10.1. The fourth-order valence-corrected chi connectivity index (χ4v) is 1.88. The molecule has 6 nitrogen and oxygen atoms in total. The summed E-state index contributed by atoms with van der Waals surface area (Å²) in [5.41, 5.74) is -0.444. The van der Waals surface area contributed by atoms with Crippen LogP contribution in [0.3, 0.4) is 0 Å². The highest BCUT2D eigenvalue weighted by Crippen LogP contribution is 2.11. The molecule has 0 amide bonds. The van der Waals surface area contributed by atoms with Crippen LogP contribution >= 0.6 is 30.4 Å². The van der Waals surface area contributed by atoms with Gasteiger partial charge in [-0.05, 0) is 20.8 Å². The van der Waals surface area contributed by atoms with Crippen molar-refractivity contribution in [3.8, 4) is 0 Å². The molecule has 0 saturated heterocycles. The minimum absolute atomic E-state index is 0.247. The molecular weight excluding hydrogens is 411 g/mol. The van der Waals surface area contributed by atoms with E-state index in [0.717, 1.165) is 0 Å². The predicted molar refractivity (Wildman–Crippen MR) is 90.5 cm³/mol. The molecule has 8 heteroatoms. The lowest BCUT2D eigenvalue weighted by Crippen LogP contribution is -2.24. The molecule has 21 heavy (non-hydrogen) atoms. The summed E-state index contributed by atoms with van der Waals surface area (Å²) in [4.78, 5) is 11.4. The Bertz CT molecular complexity index is 260. The second kappa shape index (κ2) is 14.0. The fraction of sp³-hybridized carbons (Fsp3) is 0.923. The van der Waals surface area contributed by atoms with Crippen molar-refractivity contribution in [3.05, 3.63) is 0 Å². The van der Waals surface area contributed by atoms with E-state index in [9.17, 15) is 4.79 Å². The van der Waals surface area contributed by atoms with Crippen LogP contribution in [-0.4, -0.2) is 57.8 Å². The maximum atomic E-state index is 11.4. The van der Waals surface area contributed by atoms with E-state index >= 15 is 0 Å². The molecule has 0 heterocycles. The predicted octanol–water partition coefficient (Wildman–Crippen LogP) is 2.78. The van der Waals surface area contributed by atoms with Crippen molar-refractivity contribution >= 4 is 36.4 Å². The van der Waals surface area contributed by atoms with Crippen LogP contribution in [0.25, 0.3) is 0 Å². The summed E-state index contributed by atoms with van der Waals surface area (Å²) in [6.07, 6.45) is 0.259. The Balaban J connectivity index is 3.17. The first-order chi connectivity index (χ1) is 9.95. The Hall–Kier alpha value is 0.390. The first kappa shape index (κ1) is 21.4. The molecule has 0 unspecified atom stereocenters. The van der Waals surface area contributed by atoms with Crippen LogP contribution in [-0.2, 0) is 27.9 Å². The van der Waals surface area contributed by atoms with Crippen molar-refractivity contribution in [2.75, 3.05) is 46.2 Å². The van der Waals surface area contributed by atoms with Crippen molar-refractivity contribution < 1.29 is 27.9 Å². The van der Waals surface area contributed by atoms with Gasteiger partial charge in [-0.1, -0.05) is 0 Å². The summed E-state index contributed by atoms with van der Waals surface area (Å²) in [6.45, 7) is 9.00. The Morgan fingerprint density at radius 2 is 1.38 bits per heavy atom. The summed E-state index contributed by atoms with van der Waals surface area (Å²) in [5, 5.41) is 0. The Morgan fingerprint density at radius 1 is 0.905 bits per heavy atom. The van der Waals surface area contributed by atoms with E-state index < -0.39 is 5.60 Å². The van der Waals surface area contributed by atoms with Crippen LogP contribution in [0.15, 0.2) is 0 Å². The Kier molecular flexibility index (Phi) is 14.3. The van der Waals surface area contributed by atoms with Crippen LogP contribution in [0.5, 0.6) is 0 Å². The number of ether oxygens (including phenoxy) is 4. The molecule has 0 aromatic heterocycles. The van der Waals surface area contributed by atoms with Crippen LogP contribution in [0.2, 0.25) is 0 Å². The largest absolute Gasteiger partial charge is 0.460 e. The van der Waals surface area contributed by atoms with Gasteiger partial charge in [0.05, 0.1) is 61.9 Å². The van der Waals surface area contributed by atoms with Gasteiger partial charge in [-0.25, -0.2) is 0 Å². The molecular formula is C13H25IO6S. The van der Waals surface area contributed by atoms with Gasteiger partial charge in [-0.2, -0.15) is 0 Å². The number of halogens is 1. The zero-order chi connectivity index (χ0) is 16.0. The minimum atomic E-state index is -0.444. The molecule has 0 atom stereocenters. The summed E-state index contributed by atoms with van der Waals surface area (Å²) in [7, 11) is 1.30. The van der Waals surface area contributed by atoms with Crippen molar-refractivity contribution in [2.24, 2.45) is 0 Å². The lowest BCUT2D eigenvalue weighted by Gasteiger charge is -2.19. The molecule has 0 aliphatic rings. The lowest BCUT2D eigenvalue weighted by molar-refractivity contribution is -0.156. The number of carbonyl (C=O) groups excluding carboxylic acids is 1. The second-order valence-electron chi connectivity index (χ2n) is 5.06. The van der Waals surface area contributed by atoms with Gasteiger partial charge in [0, 0.05) is 21.2 Å². The third kappa shape index (κ3) is 18.3. The third-order valence-electron chi connectivity index (χ3n) is 1.97. The molecule has 0 radical (unpaired) electrons. The highest BCUT2D eigenvalue weighted by Gasteiger charge is 2.15. The van der Waals surface area contributed by atoms with Gasteiger partial charge >= 0.3 is 5.97 Å². The minimum Gasteiger partial charge on any atom is -0.460 e. The van der Waals surface area contributed by atoms with Gasteiger partial charge in [0.25, 0.3) is 0 Å². The molecule has 0 aromatic carbocycles. The van der Waals surface area contributed by atoms with Crippen molar-refractivity contribution in [1.29, 1.82) is 0 Å². The van der Waals surface area contributed by atoms with E-state index in [1.165, 1.54) is 9.21 Å². The van der Waals surface area contributed by atoms with Gasteiger partial charge in [0.2, 0.25) is 0 Å². The maximum absolute atomic E-state index is 11.4. The molecule has 0 fully saturated rings. The molecule has 0 rings (SSSR count). The van der Waals surface area contributed by atoms with Gasteiger partial charge in [0.15, 0.2) is 0 Å². The monoisotopic (exact) mass is 436 g/mol. The van der Waals surface area contributed by atoms with Crippen molar-refractivity contribution in [3.63, 3.8) is 0 Å². The van der Waals surface area contributed by atoms with E-state index in [2.05, 4.69) is 21.2 Å². The molecule has 0 aliphatic heterocycles. The van der Waals surface area contributed by atoms with Crippen LogP contribution in [0.4, 0.5) is 0 Å². The van der Waals surface area contributed by atoms with E-state index in [0.29, 0.717) is 46.2 Å². The summed E-state index contributed by atoms with van der Waals surface area (Å²) >= 11 is 2.06. The summed E-state index contributed by atoms with van der Waals surface area (Å²) in [6, 6.07) is 0. The average molecular weight is 436 g/mol. The quantitative estimate of drug-likeness (QED) is 0.190. The highest BCUT2D eigenvalue weighted by molar-refractivity contribution is 14.2. The zero-order valence-corrected chi connectivity index (χ0v) is 15.9. The van der Waals surface area contributed by atoms with Crippen molar-refractivity contribution in [1.82, 2.24) is 0 Å².